The van der Waals surface area contributed by atoms with Gasteiger partial charge in [0.15, 0.2) is 22.5 Å². The van der Waals surface area contributed by atoms with Gasteiger partial charge in [-0.3, -0.25) is 4.79 Å². The van der Waals surface area contributed by atoms with Crippen molar-refractivity contribution in [3.8, 4) is 5.75 Å². The van der Waals surface area contributed by atoms with Crippen molar-refractivity contribution in [2.24, 2.45) is 5.92 Å². The highest BCUT2D eigenvalue weighted by atomic mass is 35.5. The SMILES string of the molecule is O=C(Nc1ncccc1O)C1CCCN(c2ccc(Cl)nn2)C1. The third-order valence-corrected chi connectivity index (χ3v) is 3.96. The molecule has 1 aliphatic heterocycles. The van der Waals surface area contributed by atoms with E-state index in [1.807, 2.05) is 4.90 Å². The van der Waals surface area contributed by atoms with Crippen LogP contribution in [0.1, 0.15) is 12.8 Å². The molecule has 0 spiro atoms. The predicted molar refractivity (Wildman–Crippen MR) is 86.5 cm³/mol. The van der Waals surface area contributed by atoms with E-state index in [2.05, 4.69) is 20.5 Å². The summed E-state index contributed by atoms with van der Waals surface area (Å²) in [5.41, 5.74) is 0. The molecule has 1 saturated heterocycles. The maximum Gasteiger partial charge on any atom is 0.230 e. The molecule has 2 aromatic heterocycles. The zero-order valence-electron chi connectivity index (χ0n) is 12.3. The molecule has 8 heteroatoms. The number of nitrogens with zero attached hydrogens (tertiary/aromatic N) is 4. The van der Waals surface area contributed by atoms with Crippen LogP contribution in [-0.2, 0) is 4.79 Å². The van der Waals surface area contributed by atoms with Crippen LogP contribution in [0.3, 0.4) is 0 Å². The minimum absolute atomic E-state index is 0.0444. The van der Waals surface area contributed by atoms with E-state index < -0.39 is 0 Å². The predicted octanol–water partition coefficient (Wildman–Crippen LogP) is 2.09. The summed E-state index contributed by atoms with van der Waals surface area (Å²) in [6.45, 7) is 1.35. The highest BCUT2D eigenvalue weighted by molar-refractivity contribution is 6.29. The van der Waals surface area contributed by atoms with Gasteiger partial charge in [-0.25, -0.2) is 4.98 Å². The molecule has 1 amide bonds. The molecular weight excluding hydrogens is 318 g/mol. The van der Waals surface area contributed by atoms with Crippen LogP contribution in [0.2, 0.25) is 5.15 Å². The Morgan fingerprint density at radius 2 is 2.22 bits per heavy atom. The fourth-order valence-corrected chi connectivity index (χ4v) is 2.69. The number of aromatic nitrogens is 3. The molecule has 0 saturated carbocycles. The molecule has 2 N–H and O–H groups in total. The third kappa shape index (κ3) is 3.68. The molecule has 23 heavy (non-hydrogen) atoms. The number of carbonyl (C=O) groups is 1. The fourth-order valence-electron chi connectivity index (χ4n) is 2.59. The number of rotatable bonds is 3. The zero-order valence-corrected chi connectivity index (χ0v) is 13.1. The largest absolute Gasteiger partial charge is 0.504 e. The first-order valence-corrected chi connectivity index (χ1v) is 7.70. The van der Waals surface area contributed by atoms with Crippen LogP contribution in [-0.4, -0.2) is 39.3 Å². The zero-order chi connectivity index (χ0) is 16.2. The molecule has 3 heterocycles. The molecule has 1 fully saturated rings. The fraction of sp³-hybridized carbons (Fsp3) is 0.333. The molecule has 2 aromatic rings. The highest BCUT2D eigenvalue weighted by Gasteiger charge is 2.27. The average Bonchev–Trinajstić information content (AvgIpc) is 2.58. The number of carbonyl (C=O) groups excluding carboxylic acids is 1. The van der Waals surface area contributed by atoms with Crippen LogP contribution < -0.4 is 10.2 Å². The van der Waals surface area contributed by atoms with Gasteiger partial charge in [-0.05, 0) is 37.1 Å². The molecule has 120 valence electrons. The maximum atomic E-state index is 12.4. The Bertz CT molecular complexity index is 695. The smallest absolute Gasteiger partial charge is 0.230 e. The minimum Gasteiger partial charge on any atom is -0.504 e. The molecule has 0 radical (unpaired) electrons. The van der Waals surface area contributed by atoms with Crippen molar-refractivity contribution >= 4 is 29.1 Å². The summed E-state index contributed by atoms with van der Waals surface area (Å²) in [5, 5.41) is 20.6. The standard InChI is InChI=1S/C15H16ClN5O2/c16-12-5-6-13(20-19-12)21-8-2-3-10(9-21)15(23)18-14-11(22)4-1-7-17-14/h1,4-7,10,22H,2-3,8-9H2,(H,17,18,23). The third-order valence-electron chi connectivity index (χ3n) is 3.76. The van der Waals surface area contributed by atoms with Crippen LogP contribution in [0.15, 0.2) is 30.5 Å². The van der Waals surface area contributed by atoms with Crippen LogP contribution in [0, 0.1) is 5.92 Å². The van der Waals surface area contributed by atoms with Crippen molar-refractivity contribution in [3.63, 3.8) is 0 Å². The molecule has 7 nitrogen and oxygen atoms in total. The Morgan fingerprint density at radius 3 is 2.96 bits per heavy atom. The van der Waals surface area contributed by atoms with Gasteiger partial charge in [0.1, 0.15) is 0 Å². The van der Waals surface area contributed by atoms with Gasteiger partial charge in [0.25, 0.3) is 0 Å². The quantitative estimate of drug-likeness (QED) is 0.893. The maximum absolute atomic E-state index is 12.4. The molecular formula is C15H16ClN5O2. The topological polar surface area (TPSA) is 91.2 Å². The lowest BCUT2D eigenvalue weighted by Gasteiger charge is -2.32. The van der Waals surface area contributed by atoms with E-state index in [9.17, 15) is 9.90 Å². The van der Waals surface area contributed by atoms with E-state index in [-0.39, 0.29) is 23.4 Å². The van der Waals surface area contributed by atoms with Crippen molar-refractivity contribution in [2.45, 2.75) is 12.8 Å². The van der Waals surface area contributed by atoms with Crippen LogP contribution in [0.4, 0.5) is 11.6 Å². The summed E-state index contributed by atoms with van der Waals surface area (Å²) in [6, 6.07) is 6.56. The van der Waals surface area contributed by atoms with Crippen molar-refractivity contribution in [2.75, 3.05) is 23.3 Å². The number of nitrogens with one attached hydrogen (secondary N) is 1. The van der Waals surface area contributed by atoms with Crippen molar-refractivity contribution in [1.82, 2.24) is 15.2 Å². The summed E-state index contributed by atoms with van der Waals surface area (Å²) >= 11 is 5.75. The number of hydrogen-bond donors (Lipinski definition) is 2. The second-order valence-corrected chi connectivity index (χ2v) is 5.75. The summed E-state index contributed by atoms with van der Waals surface area (Å²) in [5.74, 6) is 0.471. The molecule has 0 aromatic carbocycles. The summed E-state index contributed by atoms with van der Waals surface area (Å²) < 4.78 is 0. The number of hydrogen-bond acceptors (Lipinski definition) is 6. The van der Waals surface area contributed by atoms with Gasteiger partial charge in [-0.1, -0.05) is 11.6 Å². The van der Waals surface area contributed by atoms with Crippen LogP contribution in [0.25, 0.3) is 0 Å². The first-order chi connectivity index (χ1) is 11.1. The van der Waals surface area contributed by atoms with Gasteiger partial charge in [-0.2, -0.15) is 0 Å². The summed E-state index contributed by atoms with van der Waals surface area (Å²) in [6.07, 6.45) is 3.17. The van der Waals surface area contributed by atoms with Gasteiger partial charge in [0.05, 0.1) is 5.92 Å². The Labute approximate surface area is 138 Å². The van der Waals surface area contributed by atoms with Gasteiger partial charge in [-0.15, -0.1) is 10.2 Å². The number of halogens is 1. The molecule has 0 bridgehead atoms. The normalized spacial score (nSPS) is 17.8. The first kappa shape index (κ1) is 15.5. The summed E-state index contributed by atoms with van der Waals surface area (Å²) in [4.78, 5) is 18.4. The van der Waals surface area contributed by atoms with Crippen molar-refractivity contribution in [1.29, 1.82) is 0 Å². The Morgan fingerprint density at radius 1 is 1.35 bits per heavy atom. The van der Waals surface area contributed by atoms with Gasteiger partial charge in [0, 0.05) is 19.3 Å². The van der Waals surface area contributed by atoms with Gasteiger partial charge >= 0.3 is 0 Å². The van der Waals surface area contributed by atoms with Crippen LogP contribution >= 0.6 is 11.6 Å². The summed E-state index contributed by atoms with van der Waals surface area (Å²) in [7, 11) is 0. The van der Waals surface area contributed by atoms with Crippen molar-refractivity contribution < 1.29 is 9.90 Å². The molecule has 0 aliphatic carbocycles. The number of piperidine rings is 1. The highest BCUT2D eigenvalue weighted by Crippen LogP contribution is 2.24. The monoisotopic (exact) mass is 333 g/mol. The van der Waals surface area contributed by atoms with E-state index in [4.69, 9.17) is 11.6 Å². The Balaban J connectivity index is 1.67. The van der Waals surface area contributed by atoms with Crippen molar-refractivity contribution in [3.05, 3.63) is 35.6 Å². The van der Waals surface area contributed by atoms with E-state index in [1.165, 1.54) is 12.3 Å². The number of amides is 1. The number of pyridine rings is 1. The molecule has 3 rings (SSSR count). The lowest BCUT2D eigenvalue weighted by Crippen LogP contribution is -2.41. The van der Waals surface area contributed by atoms with E-state index >= 15 is 0 Å². The average molecular weight is 334 g/mol. The second kappa shape index (κ2) is 6.78. The molecule has 1 unspecified atom stereocenters. The van der Waals surface area contributed by atoms with Gasteiger partial charge in [0.2, 0.25) is 5.91 Å². The first-order valence-electron chi connectivity index (χ1n) is 7.32. The van der Waals surface area contributed by atoms with E-state index in [0.717, 1.165) is 19.4 Å². The van der Waals surface area contributed by atoms with Crippen LogP contribution in [0.5, 0.6) is 5.75 Å². The van der Waals surface area contributed by atoms with Gasteiger partial charge < -0.3 is 15.3 Å². The second-order valence-electron chi connectivity index (χ2n) is 5.36. The lowest BCUT2D eigenvalue weighted by molar-refractivity contribution is -0.120. The lowest BCUT2D eigenvalue weighted by atomic mass is 9.97. The number of anilines is 2. The number of aromatic hydroxyl groups is 1. The minimum atomic E-state index is -0.206. The van der Waals surface area contributed by atoms with E-state index in [1.54, 1.807) is 18.2 Å². The Kier molecular flexibility index (Phi) is 4.57. The molecule has 1 atom stereocenters. The van der Waals surface area contributed by atoms with E-state index in [0.29, 0.717) is 17.5 Å². The Hall–Kier alpha value is -2.41. The molecule has 1 aliphatic rings.